The summed E-state index contributed by atoms with van der Waals surface area (Å²) in [5, 5.41) is 2.83. The molecule has 1 fully saturated rings. The van der Waals surface area contributed by atoms with Crippen LogP contribution in [0.1, 0.15) is 35.7 Å². The van der Waals surface area contributed by atoms with Gasteiger partial charge in [-0.25, -0.2) is 4.79 Å². The lowest BCUT2D eigenvalue weighted by Crippen LogP contribution is -2.46. The van der Waals surface area contributed by atoms with E-state index >= 15 is 0 Å². The van der Waals surface area contributed by atoms with Crippen molar-refractivity contribution in [3.05, 3.63) is 35.4 Å². The lowest BCUT2D eigenvalue weighted by molar-refractivity contribution is 0.0702. The minimum atomic E-state index is -0.374. The second kappa shape index (κ2) is 7.11. The first-order valence-electron chi connectivity index (χ1n) is 7.39. The molecule has 1 saturated heterocycles. The van der Waals surface area contributed by atoms with Crippen LogP contribution in [0.2, 0.25) is 0 Å². The maximum Gasteiger partial charge on any atom is 0.407 e. The highest BCUT2D eigenvalue weighted by Gasteiger charge is 2.24. The van der Waals surface area contributed by atoms with Crippen LogP contribution in [0.4, 0.5) is 4.79 Å². The summed E-state index contributed by atoms with van der Waals surface area (Å²) < 4.78 is 4.87. The third-order valence-electron chi connectivity index (χ3n) is 3.64. The molecule has 114 valence electrons. The number of ether oxygens (including phenoxy) is 1. The van der Waals surface area contributed by atoms with Crippen LogP contribution >= 0.6 is 0 Å². The molecule has 0 atom stereocenters. The normalized spacial score (nSPS) is 15.6. The third-order valence-corrected chi connectivity index (χ3v) is 3.64. The van der Waals surface area contributed by atoms with E-state index in [9.17, 15) is 9.59 Å². The number of hydrogen-bond donors (Lipinski definition) is 1. The van der Waals surface area contributed by atoms with E-state index < -0.39 is 0 Å². The number of piperidine rings is 1. The largest absolute Gasteiger partial charge is 0.450 e. The van der Waals surface area contributed by atoms with Crippen molar-refractivity contribution in [3.8, 4) is 0 Å². The van der Waals surface area contributed by atoms with Gasteiger partial charge in [-0.15, -0.1) is 0 Å². The molecular formula is C16H22N2O3. The lowest BCUT2D eigenvalue weighted by Gasteiger charge is -2.32. The topological polar surface area (TPSA) is 58.6 Å². The van der Waals surface area contributed by atoms with Crippen LogP contribution in [0.3, 0.4) is 0 Å². The van der Waals surface area contributed by atoms with E-state index in [1.165, 1.54) is 0 Å². The molecule has 21 heavy (non-hydrogen) atoms. The number of hydrogen-bond acceptors (Lipinski definition) is 3. The fourth-order valence-electron chi connectivity index (χ4n) is 2.53. The predicted octanol–water partition coefficient (Wildman–Crippen LogP) is 2.35. The highest BCUT2D eigenvalue weighted by Crippen LogP contribution is 2.15. The van der Waals surface area contributed by atoms with Gasteiger partial charge in [0.05, 0.1) is 6.61 Å². The Kier molecular flexibility index (Phi) is 5.20. The number of nitrogens with zero attached hydrogens (tertiary/aromatic N) is 1. The molecule has 1 aromatic carbocycles. The van der Waals surface area contributed by atoms with Crippen molar-refractivity contribution in [2.75, 3.05) is 19.7 Å². The summed E-state index contributed by atoms with van der Waals surface area (Å²) in [4.78, 5) is 25.6. The van der Waals surface area contributed by atoms with Crippen molar-refractivity contribution in [2.24, 2.45) is 0 Å². The number of rotatable bonds is 3. The molecule has 2 amide bonds. The quantitative estimate of drug-likeness (QED) is 0.929. The SMILES string of the molecule is CCOC(=O)NC1CCN(C(=O)c2cccc(C)c2)CC1. The number of likely N-dealkylation sites (tertiary alicyclic amines) is 1. The fraction of sp³-hybridized carbons (Fsp3) is 0.500. The van der Waals surface area contributed by atoms with Crippen LogP contribution in [0, 0.1) is 6.92 Å². The van der Waals surface area contributed by atoms with E-state index in [4.69, 9.17) is 4.74 Å². The molecule has 0 saturated carbocycles. The van der Waals surface area contributed by atoms with Crippen LogP contribution in [-0.4, -0.2) is 42.6 Å². The zero-order valence-electron chi connectivity index (χ0n) is 12.6. The van der Waals surface area contributed by atoms with Crippen LogP contribution in [0.15, 0.2) is 24.3 Å². The van der Waals surface area contributed by atoms with E-state index in [1.807, 2.05) is 36.1 Å². The standard InChI is InChI=1S/C16H22N2O3/c1-3-21-16(20)17-14-7-9-18(10-8-14)15(19)13-6-4-5-12(2)11-13/h4-6,11,14H,3,7-10H2,1-2H3,(H,17,20). The van der Waals surface area contributed by atoms with E-state index in [1.54, 1.807) is 6.92 Å². The monoisotopic (exact) mass is 290 g/mol. The molecule has 0 bridgehead atoms. The Morgan fingerprint density at radius 2 is 2.05 bits per heavy atom. The highest BCUT2D eigenvalue weighted by atomic mass is 16.5. The zero-order valence-corrected chi connectivity index (χ0v) is 12.6. The summed E-state index contributed by atoms with van der Waals surface area (Å²) in [7, 11) is 0. The number of amides is 2. The van der Waals surface area contributed by atoms with Gasteiger partial charge in [0, 0.05) is 24.7 Å². The maximum atomic E-state index is 12.4. The second-order valence-electron chi connectivity index (χ2n) is 5.30. The van der Waals surface area contributed by atoms with Gasteiger partial charge < -0.3 is 15.0 Å². The molecule has 2 rings (SSSR count). The molecule has 5 heteroatoms. The Labute approximate surface area is 125 Å². The molecule has 0 aromatic heterocycles. The summed E-state index contributed by atoms with van der Waals surface area (Å²) in [6, 6.07) is 7.72. The molecule has 1 aliphatic rings. The summed E-state index contributed by atoms with van der Waals surface area (Å²) in [6.45, 7) is 5.44. The molecule has 1 heterocycles. The van der Waals surface area contributed by atoms with Gasteiger partial charge in [0.15, 0.2) is 0 Å². The number of carbonyl (C=O) groups excluding carboxylic acids is 2. The highest BCUT2D eigenvalue weighted by molar-refractivity contribution is 5.94. The Morgan fingerprint density at radius 3 is 2.67 bits per heavy atom. The maximum absolute atomic E-state index is 12.4. The number of nitrogens with one attached hydrogen (secondary N) is 1. The second-order valence-corrected chi connectivity index (χ2v) is 5.30. The fourth-order valence-corrected chi connectivity index (χ4v) is 2.53. The number of alkyl carbamates (subject to hydrolysis) is 1. The number of aryl methyl sites for hydroxylation is 1. The van der Waals surface area contributed by atoms with Gasteiger partial charge in [-0.2, -0.15) is 0 Å². The average Bonchev–Trinajstić information content (AvgIpc) is 2.47. The summed E-state index contributed by atoms with van der Waals surface area (Å²) in [5.41, 5.74) is 1.81. The molecule has 1 aromatic rings. The van der Waals surface area contributed by atoms with E-state index in [2.05, 4.69) is 5.32 Å². The van der Waals surface area contributed by atoms with Crippen LogP contribution in [-0.2, 0) is 4.74 Å². The average molecular weight is 290 g/mol. The van der Waals surface area contributed by atoms with Gasteiger partial charge in [0.2, 0.25) is 0 Å². The smallest absolute Gasteiger partial charge is 0.407 e. The molecule has 1 aliphatic heterocycles. The number of carbonyl (C=O) groups is 2. The van der Waals surface area contributed by atoms with Gasteiger partial charge >= 0.3 is 6.09 Å². The number of benzene rings is 1. The van der Waals surface area contributed by atoms with Crippen molar-refractivity contribution >= 4 is 12.0 Å². The van der Waals surface area contributed by atoms with E-state index in [0.29, 0.717) is 19.7 Å². The van der Waals surface area contributed by atoms with Gasteiger partial charge in [0.1, 0.15) is 0 Å². The molecule has 0 aliphatic carbocycles. The Hall–Kier alpha value is -2.04. The van der Waals surface area contributed by atoms with Crippen LogP contribution in [0.25, 0.3) is 0 Å². The summed E-state index contributed by atoms with van der Waals surface area (Å²) in [5.74, 6) is 0.0632. The van der Waals surface area contributed by atoms with E-state index in [-0.39, 0.29) is 18.0 Å². The molecule has 0 spiro atoms. The first-order chi connectivity index (χ1) is 10.1. The summed E-state index contributed by atoms with van der Waals surface area (Å²) in [6.07, 6.45) is 1.15. The van der Waals surface area contributed by atoms with Crippen molar-refractivity contribution in [1.82, 2.24) is 10.2 Å². The van der Waals surface area contributed by atoms with E-state index in [0.717, 1.165) is 24.0 Å². The Bertz CT molecular complexity index is 508. The Morgan fingerprint density at radius 1 is 1.33 bits per heavy atom. The molecule has 1 N–H and O–H groups in total. The van der Waals surface area contributed by atoms with Crippen molar-refractivity contribution in [1.29, 1.82) is 0 Å². The van der Waals surface area contributed by atoms with Crippen LogP contribution < -0.4 is 5.32 Å². The minimum absolute atomic E-state index is 0.0632. The first kappa shape index (κ1) is 15.4. The molecular weight excluding hydrogens is 268 g/mol. The molecule has 5 nitrogen and oxygen atoms in total. The van der Waals surface area contributed by atoms with Crippen molar-refractivity contribution in [3.63, 3.8) is 0 Å². The van der Waals surface area contributed by atoms with Gasteiger partial charge in [-0.05, 0) is 38.8 Å². The van der Waals surface area contributed by atoms with Gasteiger partial charge in [-0.3, -0.25) is 4.79 Å². The molecule has 0 unspecified atom stereocenters. The Balaban J connectivity index is 1.86. The zero-order chi connectivity index (χ0) is 15.2. The van der Waals surface area contributed by atoms with Gasteiger partial charge in [-0.1, -0.05) is 17.7 Å². The van der Waals surface area contributed by atoms with Crippen LogP contribution in [0.5, 0.6) is 0 Å². The first-order valence-corrected chi connectivity index (χ1v) is 7.39. The predicted molar refractivity (Wildman–Crippen MR) is 80.3 cm³/mol. The van der Waals surface area contributed by atoms with Gasteiger partial charge in [0.25, 0.3) is 5.91 Å². The minimum Gasteiger partial charge on any atom is -0.450 e. The molecule has 0 radical (unpaired) electrons. The van der Waals surface area contributed by atoms with Crippen molar-refractivity contribution < 1.29 is 14.3 Å². The lowest BCUT2D eigenvalue weighted by atomic mass is 10.0. The summed E-state index contributed by atoms with van der Waals surface area (Å²) >= 11 is 0. The van der Waals surface area contributed by atoms with Crippen molar-refractivity contribution in [2.45, 2.75) is 32.7 Å². The third kappa shape index (κ3) is 4.21.